The summed E-state index contributed by atoms with van der Waals surface area (Å²) in [6, 6.07) is 7.48. The van der Waals surface area contributed by atoms with Gasteiger partial charge in [-0.25, -0.2) is 4.98 Å². The molecule has 23 heavy (non-hydrogen) atoms. The van der Waals surface area contributed by atoms with Crippen LogP contribution in [0.3, 0.4) is 0 Å². The third kappa shape index (κ3) is 3.66. The Hall–Kier alpha value is -1.62. The molecule has 0 bridgehead atoms. The third-order valence-electron chi connectivity index (χ3n) is 3.34. The fourth-order valence-corrected chi connectivity index (χ4v) is 3.64. The lowest BCUT2D eigenvalue weighted by atomic mass is 10.0. The fraction of sp³-hybridized carbons (Fsp3) is 0.176. The number of benzene rings is 1. The van der Waals surface area contributed by atoms with Crippen molar-refractivity contribution < 1.29 is 0 Å². The Balaban J connectivity index is 2.02. The van der Waals surface area contributed by atoms with E-state index in [4.69, 9.17) is 23.2 Å². The topological polar surface area (TPSA) is 37.8 Å². The molecule has 0 unspecified atom stereocenters. The number of halogens is 2. The number of anilines is 1. The maximum Gasteiger partial charge on any atom is 0.183 e. The SMILES string of the molecule is CCCNc1ncc(-c2ccncc2-c2ccc(Cl)cc2Cl)s1. The average Bonchev–Trinajstić information content (AvgIpc) is 3.02. The van der Waals surface area contributed by atoms with Gasteiger partial charge in [0.05, 0.1) is 4.88 Å². The van der Waals surface area contributed by atoms with Crippen molar-refractivity contribution in [3.05, 3.63) is 52.9 Å². The van der Waals surface area contributed by atoms with Crippen LogP contribution in [0.2, 0.25) is 10.0 Å². The Kier molecular flexibility index (Phi) is 5.16. The molecule has 6 heteroatoms. The number of nitrogens with zero attached hydrogens (tertiary/aromatic N) is 2. The number of nitrogens with one attached hydrogen (secondary N) is 1. The van der Waals surface area contributed by atoms with Gasteiger partial charge in [-0.05, 0) is 24.6 Å². The second kappa shape index (κ2) is 7.30. The van der Waals surface area contributed by atoms with Crippen LogP contribution in [0.1, 0.15) is 13.3 Å². The second-order valence-electron chi connectivity index (χ2n) is 5.00. The number of aromatic nitrogens is 2. The van der Waals surface area contributed by atoms with Gasteiger partial charge in [0.15, 0.2) is 5.13 Å². The monoisotopic (exact) mass is 363 g/mol. The zero-order chi connectivity index (χ0) is 16.2. The van der Waals surface area contributed by atoms with E-state index in [0.29, 0.717) is 10.0 Å². The van der Waals surface area contributed by atoms with E-state index < -0.39 is 0 Å². The quantitative estimate of drug-likeness (QED) is 0.603. The summed E-state index contributed by atoms with van der Waals surface area (Å²) in [5.41, 5.74) is 2.95. The van der Waals surface area contributed by atoms with Crippen LogP contribution < -0.4 is 5.32 Å². The van der Waals surface area contributed by atoms with Crippen molar-refractivity contribution >= 4 is 39.7 Å². The Morgan fingerprint density at radius 2 is 1.96 bits per heavy atom. The van der Waals surface area contributed by atoms with Crippen LogP contribution in [0.15, 0.2) is 42.9 Å². The van der Waals surface area contributed by atoms with Crippen molar-refractivity contribution in [3.8, 4) is 21.6 Å². The van der Waals surface area contributed by atoms with Crippen LogP contribution in [0, 0.1) is 0 Å². The van der Waals surface area contributed by atoms with Crippen molar-refractivity contribution in [2.75, 3.05) is 11.9 Å². The molecule has 118 valence electrons. The lowest BCUT2D eigenvalue weighted by Gasteiger charge is -2.09. The molecule has 0 aliphatic carbocycles. The summed E-state index contributed by atoms with van der Waals surface area (Å²) in [5, 5.41) is 5.46. The first-order valence-electron chi connectivity index (χ1n) is 7.28. The zero-order valence-corrected chi connectivity index (χ0v) is 14.8. The molecular weight excluding hydrogens is 349 g/mol. The largest absolute Gasteiger partial charge is 0.362 e. The van der Waals surface area contributed by atoms with Crippen LogP contribution in [0.5, 0.6) is 0 Å². The van der Waals surface area contributed by atoms with Crippen LogP contribution in [-0.4, -0.2) is 16.5 Å². The van der Waals surface area contributed by atoms with Crippen LogP contribution in [-0.2, 0) is 0 Å². The molecule has 0 radical (unpaired) electrons. The highest BCUT2D eigenvalue weighted by Crippen LogP contribution is 2.39. The van der Waals surface area contributed by atoms with Gasteiger partial charge >= 0.3 is 0 Å². The maximum atomic E-state index is 6.36. The van der Waals surface area contributed by atoms with Gasteiger partial charge in [0.2, 0.25) is 0 Å². The van der Waals surface area contributed by atoms with Crippen molar-refractivity contribution in [2.24, 2.45) is 0 Å². The number of hydrogen-bond acceptors (Lipinski definition) is 4. The van der Waals surface area contributed by atoms with E-state index >= 15 is 0 Å². The molecule has 0 fully saturated rings. The summed E-state index contributed by atoms with van der Waals surface area (Å²) < 4.78 is 0. The van der Waals surface area contributed by atoms with Gasteiger partial charge in [-0.15, -0.1) is 0 Å². The van der Waals surface area contributed by atoms with E-state index in [-0.39, 0.29) is 0 Å². The summed E-state index contributed by atoms with van der Waals surface area (Å²) in [6.07, 6.45) is 6.55. The maximum absolute atomic E-state index is 6.36. The molecule has 0 amide bonds. The van der Waals surface area contributed by atoms with Gasteiger partial charge in [0.1, 0.15) is 0 Å². The second-order valence-corrected chi connectivity index (χ2v) is 6.88. The smallest absolute Gasteiger partial charge is 0.183 e. The summed E-state index contributed by atoms with van der Waals surface area (Å²) >= 11 is 14.0. The Morgan fingerprint density at radius 1 is 1.09 bits per heavy atom. The highest BCUT2D eigenvalue weighted by Gasteiger charge is 2.13. The molecule has 0 aliphatic rings. The summed E-state index contributed by atoms with van der Waals surface area (Å²) in [6.45, 7) is 3.05. The Labute approximate surface area is 149 Å². The van der Waals surface area contributed by atoms with Gasteiger partial charge in [-0.1, -0.05) is 47.5 Å². The van der Waals surface area contributed by atoms with Crippen molar-refractivity contribution in [1.82, 2.24) is 9.97 Å². The Bertz CT molecular complexity index is 817. The molecule has 0 saturated heterocycles. The average molecular weight is 364 g/mol. The van der Waals surface area contributed by atoms with Gasteiger partial charge in [-0.3, -0.25) is 4.98 Å². The molecular formula is C17H15Cl2N3S. The van der Waals surface area contributed by atoms with Crippen molar-refractivity contribution in [2.45, 2.75) is 13.3 Å². The van der Waals surface area contributed by atoms with Crippen LogP contribution >= 0.6 is 34.5 Å². The predicted octanol–water partition coefficient (Wildman–Crippen LogP) is 6.00. The lowest BCUT2D eigenvalue weighted by molar-refractivity contribution is 0.976. The minimum atomic E-state index is 0.612. The molecule has 1 aromatic carbocycles. The third-order valence-corrected chi connectivity index (χ3v) is 4.88. The highest BCUT2D eigenvalue weighted by atomic mass is 35.5. The minimum absolute atomic E-state index is 0.612. The van der Waals surface area contributed by atoms with E-state index in [0.717, 1.165) is 39.7 Å². The highest BCUT2D eigenvalue weighted by molar-refractivity contribution is 7.18. The molecule has 0 saturated carbocycles. The van der Waals surface area contributed by atoms with Crippen LogP contribution in [0.4, 0.5) is 5.13 Å². The number of rotatable bonds is 5. The van der Waals surface area contributed by atoms with E-state index in [1.54, 1.807) is 23.6 Å². The van der Waals surface area contributed by atoms with Gasteiger partial charge < -0.3 is 5.32 Å². The predicted molar refractivity (Wildman–Crippen MR) is 99.6 cm³/mol. The zero-order valence-electron chi connectivity index (χ0n) is 12.5. The van der Waals surface area contributed by atoms with E-state index in [9.17, 15) is 0 Å². The van der Waals surface area contributed by atoms with E-state index in [2.05, 4.69) is 22.2 Å². The molecule has 2 aromatic heterocycles. The van der Waals surface area contributed by atoms with E-state index in [1.165, 1.54) is 0 Å². The minimum Gasteiger partial charge on any atom is -0.362 e. The number of hydrogen-bond donors (Lipinski definition) is 1. The first-order chi connectivity index (χ1) is 11.2. The summed E-state index contributed by atoms with van der Waals surface area (Å²) in [5.74, 6) is 0. The molecule has 2 heterocycles. The Morgan fingerprint density at radius 3 is 2.74 bits per heavy atom. The molecule has 3 aromatic rings. The van der Waals surface area contributed by atoms with Crippen molar-refractivity contribution in [1.29, 1.82) is 0 Å². The normalized spacial score (nSPS) is 10.7. The molecule has 1 N–H and O–H groups in total. The summed E-state index contributed by atoms with van der Waals surface area (Å²) in [4.78, 5) is 9.75. The van der Waals surface area contributed by atoms with Gasteiger partial charge in [0.25, 0.3) is 0 Å². The standard InChI is InChI=1S/C17H15Cl2N3S/c1-2-6-21-17-22-10-16(23-17)13-5-7-20-9-14(13)12-4-3-11(18)8-15(12)19/h3-5,7-10H,2,6H2,1H3,(H,21,22). The van der Waals surface area contributed by atoms with Gasteiger partial charge in [-0.2, -0.15) is 0 Å². The molecule has 0 aliphatic heterocycles. The molecule has 3 rings (SSSR count). The molecule has 0 atom stereocenters. The molecule has 0 spiro atoms. The van der Waals surface area contributed by atoms with Crippen LogP contribution in [0.25, 0.3) is 21.6 Å². The van der Waals surface area contributed by atoms with Gasteiger partial charge in [0, 0.05) is 51.9 Å². The van der Waals surface area contributed by atoms with Crippen molar-refractivity contribution in [3.63, 3.8) is 0 Å². The summed E-state index contributed by atoms with van der Waals surface area (Å²) in [7, 11) is 0. The number of thiazole rings is 1. The fourth-order valence-electron chi connectivity index (χ4n) is 2.24. The first-order valence-corrected chi connectivity index (χ1v) is 8.85. The number of pyridine rings is 1. The molecule has 3 nitrogen and oxygen atoms in total. The van der Waals surface area contributed by atoms with E-state index in [1.807, 2.05) is 30.6 Å². The lowest BCUT2D eigenvalue weighted by Crippen LogP contribution is -1.97. The first kappa shape index (κ1) is 16.2.